The van der Waals surface area contributed by atoms with Crippen LogP contribution in [0.2, 0.25) is 0 Å². The van der Waals surface area contributed by atoms with Crippen LogP contribution in [0, 0.1) is 0 Å². The second kappa shape index (κ2) is 6.67. The van der Waals surface area contributed by atoms with Gasteiger partial charge < -0.3 is 15.2 Å². The third-order valence-electron chi connectivity index (χ3n) is 2.87. The molecule has 0 saturated heterocycles. The molecule has 1 aromatic heterocycles. The first-order valence-electron chi connectivity index (χ1n) is 6.09. The normalized spacial score (nSPS) is 12.0. The summed E-state index contributed by atoms with van der Waals surface area (Å²) in [5, 5.41) is 0. The van der Waals surface area contributed by atoms with Crippen molar-refractivity contribution >= 4 is 15.9 Å². The maximum absolute atomic E-state index is 6.20. The molecule has 1 unspecified atom stereocenters. The molecule has 1 aromatic carbocycles. The van der Waals surface area contributed by atoms with Gasteiger partial charge in [-0.15, -0.1) is 0 Å². The molecule has 106 valence electrons. The van der Waals surface area contributed by atoms with E-state index in [-0.39, 0.29) is 6.04 Å². The summed E-state index contributed by atoms with van der Waals surface area (Å²) < 4.78 is 11.3. The number of aromatic nitrogens is 2. The van der Waals surface area contributed by atoms with E-state index in [9.17, 15) is 0 Å². The maximum atomic E-state index is 6.20. The van der Waals surface area contributed by atoms with Gasteiger partial charge in [-0.1, -0.05) is 28.1 Å². The van der Waals surface area contributed by atoms with Crippen molar-refractivity contribution in [3.63, 3.8) is 0 Å². The van der Waals surface area contributed by atoms with Gasteiger partial charge in [0.1, 0.15) is 5.69 Å². The molecule has 2 aromatic rings. The lowest BCUT2D eigenvalue weighted by Crippen LogP contribution is -2.17. The Morgan fingerprint density at radius 3 is 2.50 bits per heavy atom. The Balaban J connectivity index is 2.20. The molecule has 0 aliphatic heterocycles. The van der Waals surface area contributed by atoms with Crippen LogP contribution in [-0.2, 0) is 6.42 Å². The largest absolute Gasteiger partial charge is 0.480 e. The first kappa shape index (κ1) is 14.7. The van der Waals surface area contributed by atoms with Crippen LogP contribution in [0.1, 0.15) is 17.3 Å². The number of halogens is 1. The van der Waals surface area contributed by atoms with Gasteiger partial charge in [0.05, 0.1) is 26.5 Å². The standard InChI is InChI=1S/C14H16BrN3O2/c1-19-12-8-17-13(14(18-12)20-2)11(16)7-9-3-5-10(15)6-4-9/h3-6,8,11H,7,16H2,1-2H3. The van der Waals surface area contributed by atoms with Crippen molar-refractivity contribution < 1.29 is 9.47 Å². The number of methoxy groups -OCH3 is 2. The highest BCUT2D eigenvalue weighted by Crippen LogP contribution is 2.24. The molecule has 0 aliphatic rings. The third kappa shape index (κ3) is 3.46. The number of benzene rings is 1. The fourth-order valence-corrected chi connectivity index (χ4v) is 2.10. The van der Waals surface area contributed by atoms with Gasteiger partial charge >= 0.3 is 0 Å². The summed E-state index contributed by atoms with van der Waals surface area (Å²) in [6, 6.07) is 7.73. The summed E-state index contributed by atoms with van der Waals surface area (Å²) in [5.41, 5.74) is 7.94. The molecule has 0 saturated carbocycles. The van der Waals surface area contributed by atoms with Crippen LogP contribution in [0.3, 0.4) is 0 Å². The summed E-state index contributed by atoms with van der Waals surface area (Å²) in [4.78, 5) is 8.48. The topological polar surface area (TPSA) is 70.3 Å². The quantitative estimate of drug-likeness (QED) is 0.907. The van der Waals surface area contributed by atoms with Gasteiger partial charge in [0.15, 0.2) is 0 Å². The molecule has 0 spiro atoms. The van der Waals surface area contributed by atoms with Crippen molar-refractivity contribution in [3.8, 4) is 11.8 Å². The molecule has 2 rings (SSSR count). The number of nitrogens with zero attached hydrogens (tertiary/aromatic N) is 2. The molecular weight excluding hydrogens is 322 g/mol. The average Bonchev–Trinajstić information content (AvgIpc) is 2.48. The Hall–Kier alpha value is -1.66. The Labute approximate surface area is 126 Å². The van der Waals surface area contributed by atoms with Crippen molar-refractivity contribution in [1.29, 1.82) is 0 Å². The second-order valence-corrected chi connectivity index (χ2v) is 5.16. The van der Waals surface area contributed by atoms with E-state index < -0.39 is 0 Å². The van der Waals surface area contributed by atoms with Gasteiger partial charge in [0.2, 0.25) is 11.8 Å². The van der Waals surface area contributed by atoms with E-state index in [1.54, 1.807) is 13.3 Å². The van der Waals surface area contributed by atoms with Crippen LogP contribution in [0.4, 0.5) is 0 Å². The average molecular weight is 338 g/mol. The number of ether oxygens (including phenoxy) is 2. The van der Waals surface area contributed by atoms with Crippen molar-refractivity contribution in [2.24, 2.45) is 5.73 Å². The summed E-state index contributed by atoms with van der Waals surface area (Å²) in [5.74, 6) is 0.801. The van der Waals surface area contributed by atoms with Gasteiger partial charge in [-0.25, -0.2) is 4.98 Å². The minimum Gasteiger partial charge on any atom is -0.480 e. The number of hydrogen-bond donors (Lipinski definition) is 1. The van der Waals surface area contributed by atoms with E-state index >= 15 is 0 Å². The Kier molecular flexibility index (Phi) is 4.92. The van der Waals surface area contributed by atoms with Gasteiger partial charge in [-0.2, -0.15) is 4.98 Å². The van der Waals surface area contributed by atoms with Crippen molar-refractivity contribution in [1.82, 2.24) is 9.97 Å². The van der Waals surface area contributed by atoms with Crippen LogP contribution in [0.15, 0.2) is 34.9 Å². The van der Waals surface area contributed by atoms with E-state index in [1.807, 2.05) is 24.3 Å². The zero-order valence-electron chi connectivity index (χ0n) is 11.3. The monoisotopic (exact) mass is 337 g/mol. The van der Waals surface area contributed by atoms with Crippen LogP contribution in [-0.4, -0.2) is 24.2 Å². The highest BCUT2D eigenvalue weighted by atomic mass is 79.9. The van der Waals surface area contributed by atoms with Gasteiger partial charge in [-0.05, 0) is 24.1 Å². The van der Waals surface area contributed by atoms with E-state index in [0.717, 1.165) is 10.0 Å². The molecule has 1 heterocycles. The van der Waals surface area contributed by atoms with Crippen LogP contribution < -0.4 is 15.2 Å². The highest BCUT2D eigenvalue weighted by Gasteiger charge is 2.16. The fourth-order valence-electron chi connectivity index (χ4n) is 1.84. The summed E-state index contributed by atoms with van der Waals surface area (Å²) in [6.45, 7) is 0. The SMILES string of the molecule is COc1cnc(C(N)Cc2ccc(Br)cc2)c(OC)n1. The van der Waals surface area contributed by atoms with Gasteiger partial charge in [-0.3, -0.25) is 0 Å². The van der Waals surface area contributed by atoms with Crippen LogP contribution >= 0.6 is 15.9 Å². The molecule has 0 fully saturated rings. The lowest BCUT2D eigenvalue weighted by molar-refractivity contribution is 0.353. The van der Waals surface area contributed by atoms with E-state index in [0.29, 0.717) is 23.9 Å². The van der Waals surface area contributed by atoms with Crippen molar-refractivity contribution in [3.05, 3.63) is 46.2 Å². The van der Waals surface area contributed by atoms with Crippen LogP contribution in [0.25, 0.3) is 0 Å². The molecule has 1 atom stereocenters. The van der Waals surface area contributed by atoms with E-state index in [1.165, 1.54) is 7.11 Å². The fraction of sp³-hybridized carbons (Fsp3) is 0.286. The number of rotatable bonds is 5. The molecular formula is C14H16BrN3O2. The predicted octanol–water partition coefficient (Wildman–Crippen LogP) is 2.50. The molecule has 6 heteroatoms. The molecule has 0 amide bonds. The zero-order valence-corrected chi connectivity index (χ0v) is 12.9. The van der Waals surface area contributed by atoms with Crippen molar-refractivity contribution in [2.45, 2.75) is 12.5 Å². The maximum Gasteiger partial charge on any atom is 0.240 e. The summed E-state index contributed by atoms with van der Waals surface area (Å²) in [6.07, 6.45) is 2.20. The van der Waals surface area contributed by atoms with Gasteiger partial charge in [0.25, 0.3) is 0 Å². The lowest BCUT2D eigenvalue weighted by atomic mass is 10.0. The van der Waals surface area contributed by atoms with Gasteiger partial charge in [0, 0.05) is 4.47 Å². The smallest absolute Gasteiger partial charge is 0.240 e. The predicted molar refractivity (Wildman–Crippen MR) is 79.9 cm³/mol. The molecule has 0 aliphatic carbocycles. The highest BCUT2D eigenvalue weighted by molar-refractivity contribution is 9.10. The molecule has 0 radical (unpaired) electrons. The lowest BCUT2D eigenvalue weighted by Gasteiger charge is -2.14. The van der Waals surface area contributed by atoms with E-state index in [4.69, 9.17) is 15.2 Å². The minimum atomic E-state index is -0.287. The summed E-state index contributed by atoms with van der Waals surface area (Å²) in [7, 11) is 3.07. The Morgan fingerprint density at radius 1 is 1.20 bits per heavy atom. The zero-order chi connectivity index (χ0) is 14.5. The first-order valence-corrected chi connectivity index (χ1v) is 6.88. The summed E-state index contributed by atoms with van der Waals surface area (Å²) >= 11 is 3.41. The minimum absolute atomic E-state index is 0.287. The van der Waals surface area contributed by atoms with E-state index in [2.05, 4.69) is 25.9 Å². The molecule has 20 heavy (non-hydrogen) atoms. The molecule has 0 bridgehead atoms. The molecule has 2 N–H and O–H groups in total. The number of nitrogens with two attached hydrogens (primary N) is 1. The molecule has 5 nitrogen and oxygen atoms in total. The van der Waals surface area contributed by atoms with Crippen LogP contribution in [0.5, 0.6) is 11.8 Å². The Morgan fingerprint density at radius 2 is 1.90 bits per heavy atom. The Bertz CT molecular complexity index is 575. The number of hydrogen-bond acceptors (Lipinski definition) is 5. The first-order chi connectivity index (χ1) is 9.63. The second-order valence-electron chi connectivity index (χ2n) is 4.24. The van der Waals surface area contributed by atoms with Crippen molar-refractivity contribution in [2.75, 3.05) is 14.2 Å². The third-order valence-corrected chi connectivity index (χ3v) is 3.40.